The molecule has 1 heterocycles. The molecule has 0 saturated heterocycles. The molecule has 0 aliphatic carbocycles. The molecule has 0 saturated carbocycles. The Morgan fingerprint density at radius 2 is 2.33 bits per heavy atom. The minimum absolute atomic E-state index is 0.253. The number of carboxylic acid groups (broad SMARTS) is 1. The van der Waals surface area contributed by atoms with Crippen LogP contribution in [0, 0.1) is 0 Å². The highest BCUT2D eigenvalue weighted by molar-refractivity contribution is 5.93. The van der Waals surface area contributed by atoms with Crippen molar-refractivity contribution in [3.63, 3.8) is 0 Å². The van der Waals surface area contributed by atoms with E-state index in [0.29, 0.717) is 5.82 Å². The molecule has 0 aliphatic rings. The van der Waals surface area contributed by atoms with Crippen LogP contribution >= 0.6 is 0 Å². The van der Waals surface area contributed by atoms with E-state index in [1.165, 1.54) is 18.3 Å². The zero-order valence-corrected chi connectivity index (χ0v) is 8.04. The SMILES string of the molecule is CN(Cc1ncn[nH]1)C(=O)C=CC(=O)O. The number of aliphatic carboxylic acids is 1. The maximum absolute atomic E-state index is 11.3. The molecule has 1 aromatic rings. The summed E-state index contributed by atoms with van der Waals surface area (Å²) in [5.41, 5.74) is 0. The van der Waals surface area contributed by atoms with Crippen molar-refractivity contribution in [2.75, 3.05) is 7.05 Å². The molecule has 0 unspecified atom stereocenters. The van der Waals surface area contributed by atoms with Gasteiger partial charge in [-0.1, -0.05) is 0 Å². The van der Waals surface area contributed by atoms with Gasteiger partial charge in [0.15, 0.2) is 0 Å². The highest BCUT2D eigenvalue weighted by Crippen LogP contribution is 1.95. The number of likely N-dealkylation sites (N-methyl/N-ethyl adjacent to an activating group) is 1. The molecule has 0 bridgehead atoms. The van der Waals surface area contributed by atoms with Crippen molar-refractivity contribution in [3.05, 3.63) is 24.3 Å². The van der Waals surface area contributed by atoms with Gasteiger partial charge in [0.05, 0.1) is 6.54 Å². The normalized spacial score (nSPS) is 10.5. The number of carbonyl (C=O) groups excluding carboxylic acids is 1. The predicted octanol–water partition coefficient (Wildman–Crippen LogP) is -0.596. The Labute approximate surface area is 85.4 Å². The van der Waals surface area contributed by atoms with Gasteiger partial charge in [-0.2, -0.15) is 5.10 Å². The van der Waals surface area contributed by atoms with Gasteiger partial charge in [0.1, 0.15) is 12.2 Å². The topological polar surface area (TPSA) is 99.2 Å². The van der Waals surface area contributed by atoms with Crippen LogP contribution < -0.4 is 0 Å². The third-order valence-electron chi connectivity index (χ3n) is 1.60. The molecule has 0 aliphatic heterocycles. The summed E-state index contributed by atoms with van der Waals surface area (Å²) in [7, 11) is 1.54. The van der Waals surface area contributed by atoms with Crippen molar-refractivity contribution in [1.82, 2.24) is 20.1 Å². The Morgan fingerprint density at radius 1 is 1.60 bits per heavy atom. The van der Waals surface area contributed by atoms with Crippen LogP contribution in [-0.2, 0) is 16.1 Å². The number of nitrogens with zero attached hydrogens (tertiary/aromatic N) is 3. The second-order valence-corrected chi connectivity index (χ2v) is 2.80. The van der Waals surface area contributed by atoms with Gasteiger partial charge in [-0.15, -0.1) is 0 Å². The minimum atomic E-state index is -1.16. The van der Waals surface area contributed by atoms with E-state index in [1.807, 2.05) is 0 Å². The quantitative estimate of drug-likeness (QED) is 0.647. The van der Waals surface area contributed by atoms with E-state index in [9.17, 15) is 9.59 Å². The molecule has 0 spiro atoms. The van der Waals surface area contributed by atoms with Crippen molar-refractivity contribution in [1.29, 1.82) is 0 Å². The number of aromatic nitrogens is 3. The maximum atomic E-state index is 11.3. The number of amides is 1. The summed E-state index contributed by atoms with van der Waals surface area (Å²) in [4.78, 5) is 26.6. The molecule has 0 atom stereocenters. The summed E-state index contributed by atoms with van der Waals surface area (Å²) in [6.07, 6.45) is 3.11. The van der Waals surface area contributed by atoms with Crippen LogP contribution in [0.4, 0.5) is 0 Å². The molecule has 15 heavy (non-hydrogen) atoms. The number of hydrogen-bond acceptors (Lipinski definition) is 4. The number of carbonyl (C=O) groups is 2. The first-order valence-electron chi connectivity index (χ1n) is 4.10. The molecule has 0 radical (unpaired) electrons. The number of hydrogen-bond donors (Lipinski definition) is 2. The fourth-order valence-electron chi connectivity index (χ4n) is 0.879. The van der Waals surface area contributed by atoms with Crippen molar-refractivity contribution in [2.24, 2.45) is 0 Å². The first kappa shape index (κ1) is 10.9. The third-order valence-corrected chi connectivity index (χ3v) is 1.60. The van der Waals surface area contributed by atoms with Crippen LogP contribution in [0.5, 0.6) is 0 Å². The fourth-order valence-corrected chi connectivity index (χ4v) is 0.879. The highest BCUT2D eigenvalue weighted by atomic mass is 16.4. The molecule has 0 aromatic carbocycles. The molecule has 7 heteroatoms. The lowest BCUT2D eigenvalue weighted by Gasteiger charge is -2.12. The van der Waals surface area contributed by atoms with Gasteiger partial charge in [-0.25, -0.2) is 9.78 Å². The Hall–Kier alpha value is -2.18. The standard InChI is InChI=1S/C8H10N4O3/c1-12(4-6-9-5-10-11-6)7(13)2-3-8(14)15/h2-3,5H,4H2,1H3,(H,14,15)(H,9,10,11). The number of nitrogens with one attached hydrogen (secondary N) is 1. The molecule has 7 nitrogen and oxygen atoms in total. The third kappa shape index (κ3) is 3.59. The lowest BCUT2D eigenvalue weighted by molar-refractivity contribution is -0.132. The van der Waals surface area contributed by atoms with E-state index in [-0.39, 0.29) is 6.54 Å². The van der Waals surface area contributed by atoms with E-state index < -0.39 is 11.9 Å². The summed E-state index contributed by atoms with van der Waals surface area (Å²) in [5.74, 6) is -1.03. The Kier molecular flexibility index (Phi) is 3.55. The van der Waals surface area contributed by atoms with Gasteiger partial charge in [-0.3, -0.25) is 9.89 Å². The van der Waals surface area contributed by atoms with Crippen molar-refractivity contribution >= 4 is 11.9 Å². The number of aromatic amines is 1. The van der Waals surface area contributed by atoms with Crippen LogP contribution in [0.2, 0.25) is 0 Å². The average molecular weight is 210 g/mol. The first-order valence-corrected chi connectivity index (χ1v) is 4.10. The number of rotatable bonds is 4. The van der Waals surface area contributed by atoms with Gasteiger partial charge in [0, 0.05) is 19.2 Å². The molecule has 1 rings (SSSR count). The average Bonchev–Trinajstić information content (AvgIpc) is 2.66. The summed E-state index contributed by atoms with van der Waals surface area (Å²) in [5, 5.41) is 14.5. The first-order chi connectivity index (χ1) is 7.09. The van der Waals surface area contributed by atoms with Crippen LogP contribution in [0.25, 0.3) is 0 Å². The van der Waals surface area contributed by atoms with Gasteiger partial charge in [0.2, 0.25) is 5.91 Å². The van der Waals surface area contributed by atoms with Crippen LogP contribution in [0.3, 0.4) is 0 Å². The van der Waals surface area contributed by atoms with E-state index in [0.717, 1.165) is 12.2 Å². The maximum Gasteiger partial charge on any atom is 0.328 e. The van der Waals surface area contributed by atoms with E-state index in [4.69, 9.17) is 5.11 Å². The number of carboxylic acids is 1. The van der Waals surface area contributed by atoms with Gasteiger partial charge < -0.3 is 10.0 Å². The largest absolute Gasteiger partial charge is 0.478 e. The Bertz CT molecular complexity index is 371. The molecule has 80 valence electrons. The monoisotopic (exact) mass is 210 g/mol. The molecular formula is C8H10N4O3. The molecule has 1 amide bonds. The minimum Gasteiger partial charge on any atom is -0.478 e. The molecule has 1 aromatic heterocycles. The van der Waals surface area contributed by atoms with Crippen molar-refractivity contribution < 1.29 is 14.7 Å². The van der Waals surface area contributed by atoms with E-state index >= 15 is 0 Å². The van der Waals surface area contributed by atoms with Crippen LogP contribution in [-0.4, -0.2) is 44.1 Å². The lowest BCUT2D eigenvalue weighted by atomic mass is 10.4. The van der Waals surface area contributed by atoms with Gasteiger partial charge in [-0.05, 0) is 0 Å². The second-order valence-electron chi connectivity index (χ2n) is 2.80. The predicted molar refractivity (Wildman–Crippen MR) is 49.6 cm³/mol. The highest BCUT2D eigenvalue weighted by Gasteiger charge is 2.07. The zero-order chi connectivity index (χ0) is 11.3. The van der Waals surface area contributed by atoms with Crippen molar-refractivity contribution in [3.8, 4) is 0 Å². The second kappa shape index (κ2) is 4.89. The molecule has 0 fully saturated rings. The van der Waals surface area contributed by atoms with E-state index in [1.54, 1.807) is 0 Å². The zero-order valence-electron chi connectivity index (χ0n) is 8.04. The Morgan fingerprint density at radius 3 is 2.87 bits per heavy atom. The summed E-state index contributed by atoms with van der Waals surface area (Å²) >= 11 is 0. The van der Waals surface area contributed by atoms with E-state index in [2.05, 4.69) is 15.2 Å². The smallest absolute Gasteiger partial charge is 0.328 e. The van der Waals surface area contributed by atoms with Crippen LogP contribution in [0.15, 0.2) is 18.5 Å². The fraction of sp³-hybridized carbons (Fsp3) is 0.250. The summed E-state index contributed by atoms with van der Waals surface area (Å²) in [6, 6.07) is 0. The van der Waals surface area contributed by atoms with Gasteiger partial charge >= 0.3 is 5.97 Å². The van der Waals surface area contributed by atoms with Gasteiger partial charge in [0.25, 0.3) is 0 Å². The molecular weight excluding hydrogens is 200 g/mol. The Balaban J connectivity index is 2.50. The number of H-pyrrole nitrogens is 1. The summed E-state index contributed by atoms with van der Waals surface area (Å²) in [6.45, 7) is 0.253. The molecule has 2 N–H and O–H groups in total. The van der Waals surface area contributed by atoms with Crippen LogP contribution in [0.1, 0.15) is 5.82 Å². The summed E-state index contributed by atoms with van der Waals surface area (Å²) < 4.78 is 0. The van der Waals surface area contributed by atoms with Crippen molar-refractivity contribution in [2.45, 2.75) is 6.54 Å². The lowest BCUT2D eigenvalue weighted by Crippen LogP contribution is -2.25.